The molecule has 1 saturated carbocycles. The number of carbonyl (C=O) groups is 1. The lowest BCUT2D eigenvalue weighted by Crippen LogP contribution is -2.36. The average molecular weight is 243 g/mol. The zero-order chi connectivity index (χ0) is 12.6. The Morgan fingerprint density at radius 1 is 1.50 bits per heavy atom. The fraction of sp³-hybridized carbons (Fsp3) is 0.500. The smallest absolute Gasteiger partial charge is 0.207 e. The van der Waals surface area contributed by atoms with E-state index >= 15 is 0 Å². The summed E-state index contributed by atoms with van der Waals surface area (Å²) in [5, 5.41) is 19.5. The number of anilines is 1. The molecule has 1 N–H and O–H groups in total. The third-order valence-corrected chi connectivity index (χ3v) is 3.90. The first kappa shape index (κ1) is 11.0. The lowest BCUT2D eigenvalue weighted by atomic mass is 10.0. The van der Waals surface area contributed by atoms with E-state index in [1.807, 2.05) is 12.1 Å². The van der Waals surface area contributed by atoms with Gasteiger partial charge in [-0.15, -0.1) is 10.2 Å². The topological polar surface area (TPSA) is 81.9 Å². The number of carbonyl (C=O) groups excluding carboxylic acids is 1. The number of aromatic nitrogens is 2. The summed E-state index contributed by atoms with van der Waals surface area (Å²) < 4.78 is 0. The molecule has 1 unspecified atom stereocenters. The lowest BCUT2D eigenvalue weighted by Gasteiger charge is -2.15. The highest BCUT2D eigenvalue weighted by Gasteiger charge is 2.55. The van der Waals surface area contributed by atoms with Crippen LogP contribution in [0, 0.1) is 16.7 Å². The van der Waals surface area contributed by atoms with Crippen molar-refractivity contribution >= 4 is 12.2 Å². The minimum atomic E-state index is 0.201. The minimum Gasteiger partial charge on any atom is -0.354 e. The van der Waals surface area contributed by atoms with Crippen LogP contribution >= 0.6 is 0 Å². The van der Waals surface area contributed by atoms with Gasteiger partial charge in [0, 0.05) is 18.5 Å². The standard InChI is InChI=1S/C12H13N5O/c13-5-9-1-2-11(16-15-9)17-6-10(14-8-18)12(7-17)3-4-12/h1-2,8,10H,3-4,6-7H2,(H,14,18). The summed E-state index contributed by atoms with van der Waals surface area (Å²) in [6.45, 7) is 1.67. The van der Waals surface area contributed by atoms with E-state index in [9.17, 15) is 4.79 Å². The molecule has 1 aliphatic carbocycles. The molecule has 18 heavy (non-hydrogen) atoms. The molecule has 1 atom stereocenters. The molecule has 1 aromatic heterocycles. The van der Waals surface area contributed by atoms with E-state index in [2.05, 4.69) is 20.4 Å². The molecule has 92 valence electrons. The molecule has 1 amide bonds. The molecule has 2 heterocycles. The van der Waals surface area contributed by atoms with Gasteiger partial charge in [0.1, 0.15) is 6.07 Å². The van der Waals surface area contributed by atoms with Gasteiger partial charge in [0.2, 0.25) is 6.41 Å². The molecule has 2 fully saturated rings. The van der Waals surface area contributed by atoms with Crippen molar-refractivity contribution in [1.82, 2.24) is 15.5 Å². The van der Waals surface area contributed by atoms with Crippen molar-refractivity contribution in [3.63, 3.8) is 0 Å². The monoisotopic (exact) mass is 243 g/mol. The summed E-state index contributed by atoms with van der Waals surface area (Å²) >= 11 is 0. The predicted molar refractivity (Wildman–Crippen MR) is 63.6 cm³/mol. The van der Waals surface area contributed by atoms with Crippen LogP contribution in [-0.2, 0) is 4.79 Å². The minimum absolute atomic E-state index is 0.201. The molecule has 1 saturated heterocycles. The first-order valence-electron chi connectivity index (χ1n) is 5.96. The van der Waals surface area contributed by atoms with Crippen molar-refractivity contribution in [2.75, 3.05) is 18.0 Å². The van der Waals surface area contributed by atoms with E-state index in [-0.39, 0.29) is 11.5 Å². The average Bonchev–Trinajstić information content (AvgIpc) is 3.09. The molecule has 3 rings (SSSR count). The highest BCUT2D eigenvalue weighted by molar-refractivity contribution is 5.50. The summed E-state index contributed by atoms with van der Waals surface area (Å²) in [5.74, 6) is 0.774. The van der Waals surface area contributed by atoms with Crippen LogP contribution in [0.1, 0.15) is 18.5 Å². The van der Waals surface area contributed by atoms with Crippen LogP contribution in [0.5, 0.6) is 0 Å². The Kier molecular flexibility index (Phi) is 2.40. The maximum absolute atomic E-state index is 10.6. The first-order valence-corrected chi connectivity index (χ1v) is 5.96. The van der Waals surface area contributed by atoms with Crippen molar-refractivity contribution in [2.24, 2.45) is 5.41 Å². The van der Waals surface area contributed by atoms with Crippen LogP contribution < -0.4 is 10.2 Å². The Hall–Kier alpha value is -2.16. The number of nitrogens with one attached hydrogen (secondary N) is 1. The second kappa shape index (κ2) is 3.95. The summed E-state index contributed by atoms with van der Waals surface area (Å²) in [6, 6.07) is 5.63. The molecule has 2 aliphatic rings. The van der Waals surface area contributed by atoms with Crippen LogP contribution in [-0.4, -0.2) is 35.7 Å². The summed E-state index contributed by atoms with van der Waals surface area (Å²) in [5.41, 5.74) is 0.554. The number of hydrogen-bond acceptors (Lipinski definition) is 5. The number of hydrogen-bond donors (Lipinski definition) is 1. The van der Waals surface area contributed by atoms with Gasteiger partial charge in [-0.3, -0.25) is 4.79 Å². The zero-order valence-electron chi connectivity index (χ0n) is 9.83. The van der Waals surface area contributed by atoms with Gasteiger partial charge in [0.05, 0.1) is 6.04 Å². The molecule has 0 bridgehead atoms. The number of amides is 1. The van der Waals surface area contributed by atoms with Crippen molar-refractivity contribution < 1.29 is 4.79 Å². The second-order valence-electron chi connectivity index (χ2n) is 4.97. The van der Waals surface area contributed by atoms with Crippen LogP contribution in [0.2, 0.25) is 0 Å². The molecule has 6 heteroatoms. The normalized spacial score (nSPS) is 23.7. The Bertz CT molecular complexity index is 502. The third-order valence-electron chi connectivity index (χ3n) is 3.90. The van der Waals surface area contributed by atoms with Gasteiger partial charge in [-0.1, -0.05) is 0 Å². The Morgan fingerprint density at radius 2 is 2.33 bits per heavy atom. The fourth-order valence-electron chi connectivity index (χ4n) is 2.68. The van der Waals surface area contributed by atoms with E-state index in [1.165, 1.54) is 0 Å². The molecule has 0 aromatic carbocycles. The zero-order valence-corrected chi connectivity index (χ0v) is 9.83. The van der Waals surface area contributed by atoms with Gasteiger partial charge in [0.15, 0.2) is 11.5 Å². The van der Waals surface area contributed by atoms with E-state index in [0.717, 1.165) is 38.2 Å². The molecule has 1 spiro atoms. The van der Waals surface area contributed by atoms with E-state index in [1.54, 1.807) is 6.07 Å². The maximum Gasteiger partial charge on any atom is 0.207 e. The van der Waals surface area contributed by atoms with Gasteiger partial charge >= 0.3 is 0 Å². The lowest BCUT2D eigenvalue weighted by molar-refractivity contribution is -0.110. The van der Waals surface area contributed by atoms with Gasteiger partial charge in [-0.2, -0.15) is 5.26 Å². The van der Waals surface area contributed by atoms with Crippen molar-refractivity contribution in [3.05, 3.63) is 17.8 Å². The Labute approximate surface area is 105 Å². The predicted octanol–water partition coefficient (Wildman–Crippen LogP) is 0.0631. The highest BCUT2D eigenvalue weighted by Crippen LogP contribution is 2.53. The van der Waals surface area contributed by atoms with Crippen molar-refractivity contribution in [2.45, 2.75) is 18.9 Å². The van der Waals surface area contributed by atoms with Crippen LogP contribution in [0.15, 0.2) is 12.1 Å². The van der Waals surface area contributed by atoms with E-state index < -0.39 is 0 Å². The van der Waals surface area contributed by atoms with Gasteiger partial charge in [-0.05, 0) is 25.0 Å². The summed E-state index contributed by atoms with van der Waals surface area (Å²) in [4.78, 5) is 12.7. The summed E-state index contributed by atoms with van der Waals surface area (Å²) in [6.07, 6.45) is 3.08. The summed E-state index contributed by atoms with van der Waals surface area (Å²) in [7, 11) is 0. The molecule has 1 aromatic rings. The number of nitrogens with zero attached hydrogens (tertiary/aromatic N) is 4. The number of nitriles is 1. The van der Waals surface area contributed by atoms with Crippen LogP contribution in [0.3, 0.4) is 0 Å². The Morgan fingerprint density at radius 3 is 2.89 bits per heavy atom. The molecule has 1 aliphatic heterocycles. The fourth-order valence-corrected chi connectivity index (χ4v) is 2.68. The van der Waals surface area contributed by atoms with E-state index in [0.29, 0.717) is 5.69 Å². The van der Waals surface area contributed by atoms with Gasteiger partial charge < -0.3 is 10.2 Å². The third kappa shape index (κ3) is 1.68. The van der Waals surface area contributed by atoms with Gasteiger partial charge in [0.25, 0.3) is 0 Å². The van der Waals surface area contributed by atoms with Crippen molar-refractivity contribution in [3.8, 4) is 6.07 Å². The highest BCUT2D eigenvalue weighted by atomic mass is 16.1. The number of rotatable bonds is 3. The maximum atomic E-state index is 10.6. The second-order valence-corrected chi connectivity index (χ2v) is 4.97. The first-order chi connectivity index (χ1) is 8.77. The van der Waals surface area contributed by atoms with E-state index in [4.69, 9.17) is 5.26 Å². The quantitative estimate of drug-likeness (QED) is 0.759. The molecular weight excluding hydrogens is 230 g/mol. The SMILES string of the molecule is N#Cc1ccc(N2CC(NC=O)C3(CC3)C2)nn1. The molecule has 0 radical (unpaired) electrons. The van der Waals surface area contributed by atoms with Gasteiger partial charge in [-0.25, -0.2) is 0 Å². The van der Waals surface area contributed by atoms with Crippen LogP contribution in [0.4, 0.5) is 5.82 Å². The largest absolute Gasteiger partial charge is 0.354 e. The molecular formula is C12H13N5O. The van der Waals surface area contributed by atoms with Crippen LogP contribution in [0.25, 0.3) is 0 Å². The van der Waals surface area contributed by atoms with Crippen molar-refractivity contribution in [1.29, 1.82) is 5.26 Å². The Balaban J connectivity index is 1.78. The molecule has 6 nitrogen and oxygen atoms in total.